The molecule has 0 heterocycles. The Labute approximate surface area is 69.5 Å². The first kappa shape index (κ1) is 10.2. The summed E-state index contributed by atoms with van der Waals surface area (Å²) in [5.41, 5.74) is 0. The van der Waals surface area contributed by atoms with Gasteiger partial charge in [-0.1, -0.05) is 0 Å². The largest absolute Gasteiger partial charge is 0.748 e. The summed E-state index contributed by atoms with van der Waals surface area (Å²) >= 11 is 10.6. The molecular weight excluding hydrogens is 198 g/mol. The molecule has 0 radical (unpaired) electrons. The molecule has 0 rings (SSSR count). The van der Waals surface area contributed by atoms with Gasteiger partial charge in [0, 0.05) is 10.4 Å². The first-order valence-corrected chi connectivity index (χ1v) is 4.47. The zero-order valence-corrected chi connectivity index (χ0v) is 7.36. The molecule has 0 aliphatic carbocycles. The van der Waals surface area contributed by atoms with E-state index in [-0.39, 0.29) is 5.22 Å². The third-order valence-corrected chi connectivity index (χ3v) is 1.49. The second-order valence-corrected chi connectivity index (χ2v) is 2.72. The van der Waals surface area contributed by atoms with Gasteiger partial charge in [-0.15, -0.1) is 16.5 Å². The monoisotopic (exact) mass is 203 g/mol. The number of alkyl halides is 1. The molecule has 0 aliphatic heterocycles. The van der Waals surface area contributed by atoms with Gasteiger partial charge in [0.1, 0.15) is 0 Å². The lowest BCUT2D eigenvalue weighted by Crippen LogP contribution is -1.75. The van der Waals surface area contributed by atoms with Gasteiger partial charge < -0.3 is 0 Å². The van der Waals surface area contributed by atoms with Crippen molar-refractivity contribution < 1.29 is 14.0 Å². The third-order valence-electron chi connectivity index (χ3n) is 0.579. The molecule has 0 amide bonds. The first-order chi connectivity index (χ1) is 4.66. The Kier molecular flexibility index (Phi) is 6.03. The Morgan fingerprint density at radius 2 is 2.40 bits per heavy atom. The summed E-state index contributed by atoms with van der Waals surface area (Å²) in [6.45, 7) is 0. The zero-order valence-electron chi connectivity index (χ0n) is 4.96. The van der Waals surface area contributed by atoms with E-state index in [1.165, 1.54) is 6.08 Å². The van der Waals surface area contributed by atoms with Crippen molar-refractivity contribution in [1.82, 2.24) is 0 Å². The van der Waals surface area contributed by atoms with Crippen LogP contribution in [0.15, 0.2) is 11.3 Å². The van der Waals surface area contributed by atoms with Gasteiger partial charge in [-0.3, -0.25) is 0 Å². The molecule has 0 aromatic heterocycles. The number of rotatable bonds is 4. The predicted octanol–water partition coefficient (Wildman–Crippen LogP) is 2.36. The van der Waals surface area contributed by atoms with E-state index in [0.717, 1.165) is 0 Å². The van der Waals surface area contributed by atoms with Gasteiger partial charge >= 0.3 is 8.25 Å². The van der Waals surface area contributed by atoms with Crippen LogP contribution in [0.1, 0.15) is 6.42 Å². The second kappa shape index (κ2) is 5.93. The van der Waals surface area contributed by atoms with Gasteiger partial charge in [-0.2, -0.15) is 0 Å². The Balaban J connectivity index is 3.59. The van der Waals surface area contributed by atoms with Crippen LogP contribution in [0.25, 0.3) is 0 Å². The molecule has 1 atom stereocenters. The number of hydrogen-bond donors (Lipinski definition) is 1. The molecule has 0 fully saturated rings. The zero-order chi connectivity index (χ0) is 7.98. The van der Waals surface area contributed by atoms with Crippen molar-refractivity contribution in [2.75, 3.05) is 5.88 Å². The van der Waals surface area contributed by atoms with E-state index in [0.29, 0.717) is 12.3 Å². The van der Waals surface area contributed by atoms with Gasteiger partial charge in [0.2, 0.25) is 0 Å². The van der Waals surface area contributed by atoms with Crippen LogP contribution in [0.5, 0.6) is 0 Å². The van der Waals surface area contributed by atoms with Crippen LogP contribution in [0.3, 0.4) is 0 Å². The van der Waals surface area contributed by atoms with E-state index < -0.39 is 8.25 Å². The minimum atomic E-state index is -2.65. The van der Waals surface area contributed by atoms with Crippen molar-refractivity contribution in [3.8, 4) is 0 Å². The maximum absolute atomic E-state index is 9.94. The Morgan fingerprint density at radius 1 is 1.80 bits per heavy atom. The molecule has 0 aliphatic rings. The Morgan fingerprint density at radius 3 is 2.80 bits per heavy atom. The molecule has 0 saturated heterocycles. The second-order valence-electron chi connectivity index (χ2n) is 1.32. The summed E-state index contributed by atoms with van der Waals surface area (Å²) in [6.07, 6.45) is 1.95. The summed E-state index contributed by atoms with van der Waals surface area (Å²) in [5, 5.41) is -0.0933. The maximum Gasteiger partial charge on any atom is 0.748 e. The Bertz CT molecular complexity index is 147. The quantitative estimate of drug-likeness (QED) is 0.434. The van der Waals surface area contributed by atoms with Gasteiger partial charge in [0.05, 0.1) is 0 Å². The molecule has 6 heteroatoms. The minimum absolute atomic E-state index is 0.0933. The average molecular weight is 204 g/mol. The SMILES string of the molecule is O=[P+](O)OC(Cl)=CCCCl. The molecule has 1 unspecified atom stereocenters. The maximum atomic E-state index is 9.94. The van der Waals surface area contributed by atoms with Crippen molar-refractivity contribution in [1.29, 1.82) is 0 Å². The van der Waals surface area contributed by atoms with E-state index >= 15 is 0 Å². The summed E-state index contributed by atoms with van der Waals surface area (Å²) in [5.74, 6) is 0.405. The average Bonchev–Trinajstić information content (AvgIpc) is 1.82. The van der Waals surface area contributed by atoms with Crippen LogP contribution >= 0.6 is 31.5 Å². The fourth-order valence-corrected chi connectivity index (χ4v) is 0.899. The van der Waals surface area contributed by atoms with E-state index in [1.807, 2.05) is 0 Å². The van der Waals surface area contributed by atoms with Gasteiger partial charge in [0.15, 0.2) is 0 Å². The van der Waals surface area contributed by atoms with E-state index in [9.17, 15) is 4.57 Å². The molecule has 1 N–H and O–H groups in total. The molecular formula is C4H6Cl2O3P+. The van der Waals surface area contributed by atoms with Gasteiger partial charge in [-0.05, 0) is 24.1 Å². The standard InChI is InChI=1S/C4H5Cl2O3P/c5-3-1-2-4(6)9-10(7)8/h2H,1,3H2/p+1. The van der Waals surface area contributed by atoms with Crippen molar-refractivity contribution >= 4 is 31.5 Å². The lowest BCUT2D eigenvalue weighted by atomic mass is 10.5. The molecule has 0 saturated carbocycles. The lowest BCUT2D eigenvalue weighted by Gasteiger charge is -1.84. The topological polar surface area (TPSA) is 46.5 Å². The normalized spacial score (nSPS) is 13.1. The third kappa shape index (κ3) is 6.30. The molecule has 0 bridgehead atoms. The van der Waals surface area contributed by atoms with Crippen molar-refractivity contribution in [2.45, 2.75) is 6.42 Å². The van der Waals surface area contributed by atoms with Crippen molar-refractivity contribution in [2.24, 2.45) is 0 Å². The summed E-state index contributed by atoms with van der Waals surface area (Å²) < 4.78 is 14.1. The molecule has 0 aromatic rings. The summed E-state index contributed by atoms with van der Waals surface area (Å²) in [7, 11) is -2.65. The minimum Gasteiger partial charge on any atom is -0.217 e. The van der Waals surface area contributed by atoms with Gasteiger partial charge in [-0.25, -0.2) is 4.52 Å². The first-order valence-electron chi connectivity index (χ1n) is 2.42. The van der Waals surface area contributed by atoms with Gasteiger partial charge in [0.25, 0.3) is 5.22 Å². The molecule has 10 heavy (non-hydrogen) atoms. The van der Waals surface area contributed by atoms with Crippen LogP contribution in [-0.4, -0.2) is 10.8 Å². The summed E-state index contributed by atoms with van der Waals surface area (Å²) in [6, 6.07) is 0. The highest BCUT2D eigenvalue weighted by atomic mass is 35.5. The molecule has 3 nitrogen and oxygen atoms in total. The van der Waals surface area contributed by atoms with Crippen LogP contribution in [0.4, 0.5) is 0 Å². The highest BCUT2D eigenvalue weighted by molar-refractivity contribution is 7.32. The molecule has 0 spiro atoms. The van der Waals surface area contributed by atoms with Crippen molar-refractivity contribution in [3.05, 3.63) is 11.3 Å². The van der Waals surface area contributed by atoms with E-state index in [4.69, 9.17) is 28.1 Å². The van der Waals surface area contributed by atoms with Crippen LogP contribution in [0, 0.1) is 0 Å². The number of allylic oxidation sites excluding steroid dienone is 1. The van der Waals surface area contributed by atoms with Crippen LogP contribution in [0.2, 0.25) is 0 Å². The Hall–Kier alpha value is 0.180. The number of hydrogen-bond acceptors (Lipinski definition) is 2. The number of halogens is 2. The van der Waals surface area contributed by atoms with Crippen molar-refractivity contribution in [3.63, 3.8) is 0 Å². The van der Waals surface area contributed by atoms with Crippen LogP contribution < -0.4 is 0 Å². The van der Waals surface area contributed by atoms with E-state index in [2.05, 4.69) is 4.52 Å². The molecule has 0 aromatic carbocycles. The smallest absolute Gasteiger partial charge is 0.217 e. The highest BCUT2D eigenvalue weighted by Crippen LogP contribution is 2.22. The highest BCUT2D eigenvalue weighted by Gasteiger charge is 2.13. The fourth-order valence-electron chi connectivity index (χ4n) is 0.280. The van der Waals surface area contributed by atoms with E-state index in [1.54, 1.807) is 0 Å². The van der Waals surface area contributed by atoms with Crippen LogP contribution in [-0.2, 0) is 9.09 Å². The molecule has 58 valence electrons. The predicted molar refractivity (Wildman–Crippen MR) is 40.2 cm³/mol. The lowest BCUT2D eigenvalue weighted by molar-refractivity contribution is 0.368. The fraction of sp³-hybridized carbons (Fsp3) is 0.500. The summed E-state index contributed by atoms with van der Waals surface area (Å²) in [4.78, 5) is 8.15.